The van der Waals surface area contributed by atoms with Gasteiger partial charge < -0.3 is 9.80 Å². The minimum absolute atomic E-state index is 0.0644. The zero-order valence-electron chi connectivity index (χ0n) is 14.7. The molecule has 0 bridgehead atoms. The number of nitrogens with zero attached hydrogens (tertiary/aromatic N) is 4. The fourth-order valence-corrected chi connectivity index (χ4v) is 3.66. The average molecular weight is 354 g/mol. The zero-order chi connectivity index (χ0) is 18.1. The molecule has 1 aromatic carbocycles. The normalized spacial score (nSPS) is 19.3. The Morgan fingerprint density at radius 3 is 2.65 bits per heavy atom. The number of amides is 3. The van der Waals surface area contributed by atoms with Gasteiger partial charge in [-0.1, -0.05) is 24.3 Å². The van der Waals surface area contributed by atoms with Crippen LogP contribution in [0.4, 0.5) is 10.6 Å². The van der Waals surface area contributed by atoms with Gasteiger partial charge in [0.05, 0.1) is 0 Å². The van der Waals surface area contributed by atoms with Crippen molar-refractivity contribution in [2.45, 2.75) is 38.8 Å². The number of anilines is 1. The van der Waals surface area contributed by atoms with Gasteiger partial charge in [-0.3, -0.25) is 10.1 Å². The minimum Gasteiger partial charge on any atom is -0.337 e. The number of carbonyl (C=O) groups is 2. The second-order valence-corrected chi connectivity index (χ2v) is 6.90. The summed E-state index contributed by atoms with van der Waals surface area (Å²) in [6.45, 7) is 4.00. The Balaban J connectivity index is 1.49. The highest BCUT2D eigenvalue weighted by atomic mass is 16.2. The number of aromatic amines is 1. The van der Waals surface area contributed by atoms with Crippen LogP contribution in [-0.4, -0.2) is 56.3 Å². The van der Waals surface area contributed by atoms with Gasteiger partial charge in [0.1, 0.15) is 0 Å². The zero-order valence-corrected chi connectivity index (χ0v) is 14.7. The lowest BCUT2D eigenvalue weighted by Crippen LogP contribution is -2.45. The van der Waals surface area contributed by atoms with Crippen molar-refractivity contribution in [3.05, 3.63) is 41.1 Å². The molecule has 0 aliphatic carbocycles. The van der Waals surface area contributed by atoms with Crippen LogP contribution in [0.25, 0.3) is 0 Å². The summed E-state index contributed by atoms with van der Waals surface area (Å²) >= 11 is 0. The molecule has 8 heteroatoms. The number of H-pyrrole nitrogens is 1. The summed E-state index contributed by atoms with van der Waals surface area (Å²) in [4.78, 5) is 28.9. The summed E-state index contributed by atoms with van der Waals surface area (Å²) in [7, 11) is 0. The lowest BCUT2D eigenvalue weighted by atomic mass is 9.95. The molecule has 0 spiro atoms. The molecular formula is C18H22N6O2. The molecule has 2 aromatic rings. The third kappa shape index (κ3) is 3.02. The monoisotopic (exact) mass is 354 g/mol. The number of nitrogens with one attached hydrogen (secondary N) is 2. The summed E-state index contributed by atoms with van der Waals surface area (Å²) in [5, 5.41) is 13.1. The third-order valence-corrected chi connectivity index (χ3v) is 5.14. The summed E-state index contributed by atoms with van der Waals surface area (Å²) in [5.41, 5.74) is 2.59. The van der Waals surface area contributed by atoms with Crippen molar-refractivity contribution < 1.29 is 9.59 Å². The molecule has 1 unspecified atom stereocenters. The fourth-order valence-electron chi connectivity index (χ4n) is 3.66. The van der Waals surface area contributed by atoms with Gasteiger partial charge in [-0.2, -0.15) is 5.21 Å². The predicted molar refractivity (Wildman–Crippen MR) is 95.7 cm³/mol. The fraction of sp³-hybridized carbons (Fsp3) is 0.444. The number of carbonyl (C=O) groups excluding carboxylic acids is 2. The number of hydrogen-bond donors (Lipinski definition) is 2. The SMILES string of the molecule is CC1Cc2ccccc2CN1C(=O)Nc1n[nH]nc1C(=O)N1CCCC1. The molecule has 136 valence electrons. The van der Waals surface area contributed by atoms with E-state index in [1.165, 1.54) is 5.56 Å². The van der Waals surface area contributed by atoms with E-state index in [0.29, 0.717) is 6.54 Å². The van der Waals surface area contributed by atoms with Crippen LogP contribution in [-0.2, 0) is 13.0 Å². The Bertz CT molecular complexity index is 827. The maximum atomic E-state index is 12.8. The van der Waals surface area contributed by atoms with Gasteiger partial charge in [-0.05, 0) is 37.3 Å². The molecule has 2 aliphatic heterocycles. The number of rotatable bonds is 2. The minimum atomic E-state index is -0.267. The lowest BCUT2D eigenvalue weighted by Gasteiger charge is -2.34. The Hall–Kier alpha value is -2.90. The Morgan fingerprint density at radius 1 is 1.15 bits per heavy atom. The van der Waals surface area contributed by atoms with Crippen LogP contribution in [0.15, 0.2) is 24.3 Å². The average Bonchev–Trinajstić information content (AvgIpc) is 3.32. The van der Waals surface area contributed by atoms with Gasteiger partial charge in [0.25, 0.3) is 5.91 Å². The predicted octanol–water partition coefficient (Wildman–Crippen LogP) is 2.02. The molecule has 8 nitrogen and oxygen atoms in total. The van der Waals surface area contributed by atoms with Gasteiger partial charge in [-0.15, -0.1) is 10.2 Å². The molecule has 26 heavy (non-hydrogen) atoms. The van der Waals surface area contributed by atoms with E-state index in [1.54, 1.807) is 9.80 Å². The highest BCUT2D eigenvalue weighted by molar-refractivity contribution is 6.00. The van der Waals surface area contributed by atoms with Crippen molar-refractivity contribution in [2.75, 3.05) is 18.4 Å². The molecule has 3 amide bonds. The molecule has 2 aliphatic rings. The molecule has 2 N–H and O–H groups in total. The highest BCUT2D eigenvalue weighted by Crippen LogP contribution is 2.24. The van der Waals surface area contributed by atoms with Gasteiger partial charge in [0.15, 0.2) is 11.5 Å². The van der Waals surface area contributed by atoms with Crippen molar-refractivity contribution in [2.24, 2.45) is 0 Å². The van der Waals surface area contributed by atoms with E-state index in [1.807, 2.05) is 25.1 Å². The molecule has 0 radical (unpaired) electrons. The number of fused-ring (bicyclic) bond motifs is 1. The molecule has 1 atom stereocenters. The van der Waals surface area contributed by atoms with E-state index < -0.39 is 0 Å². The first kappa shape index (κ1) is 16.6. The molecule has 0 saturated carbocycles. The van der Waals surface area contributed by atoms with Crippen molar-refractivity contribution in [1.29, 1.82) is 0 Å². The van der Waals surface area contributed by atoms with E-state index >= 15 is 0 Å². The van der Waals surface area contributed by atoms with Gasteiger partial charge >= 0.3 is 6.03 Å². The molecule has 1 saturated heterocycles. The first-order valence-corrected chi connectivity index (χ1v) is 8.98. The second kappa shape index (κ2) is 6.78. The van der Waals surface area contributed by atoms with Gasteiger partial charge in [0, 0.05) is 25.7 Å². The highest BCUT2D eigenvalue weighted by Gasteiger charge is 2.30. The number of benzene rings is 1. The van der Waals surface area contributed by atoms with Crippen LogP contribution in [0, 0.1) is 0 Å². The Morgan fingerprint density at radius 2 is 1.88 bits per heavy atom. The van der Waals surface area contributed by atoms with E-state index in [4.69, 9.17) is 0 Å². The van der Waals surface area contributed by atoms with Crippen LogP contribution in [0.2, 0.25) is 0 Å². The molecule has 3 heterocycles. The van der Waals surface area contributed by atoms with Crippen molar-refractivity contribution >= 4 is 17.8 Å². The van der Waals surface area contributed by atoms with Gasteiger partial charge in [-0.25, -0.2) is 4.79 Å². The van der Waals surface area contributed by atoms with Crippen LogP contribution in [0.3, 0.4) is 0 Å². The molecule has 1 fully saturated rings. The van der Waals surface area contributed by atoms with Crippen molar-refractivity contribution in [1.82, 2.24) is 25.2 Å². The lowest BCUT2D eigenvalue weighted by molar-refractivity contribution is 0.0788. The summed E-state index contributed by atoms with van der Waals surface area (Å²) in [6, 6.07) is 7.94. The molecule has 1 aromatic heterocycles. The summed E-state index contributed by atoms with van der Waals surface area (Å²) in [6.07, 6.45) is 2.80. The number of urea groups is 1. The molecule has 4 rings (SSSR count). The first-order valence-electron chi connectivity index (χ1n) is 8.98. The summed E-state index contributed by atoms with van der Waals surface area (Å²) in [5.74, 6) is 0.00143. The van der Waals surface area contributed by atoms with E-state index in [-0.39, 0.29) is 29.5 Å². The van der Waals surface area contributed by atoms with Crippen LogP contribution < -0.4 is 5.32 Å². The first-order chi connectivity index (χ1) is 12.6. The quantitative estimate of drug-likeness (QED) is 0.863. The van der Waals surface area contributed by atoms with Crippen LogP contribution in [0.1, 0.15) is 41.4 Å². The van der Waals surface area contributed by atoms with Crippen molar-refractivity contribution in [3.63, 3.8) is 0 Å². The maximum Gasteiger partial charge on any atom is 0.323 e. The third-order valence-electron chi connectivity index (χ3n) is 5.14. The van der Waals surface area contributed by atoms with E-state index in [0.717, 1.165) is 37.9 Å². The topological polar surface area (TPSA) is 94.2 Å². The largest absolute Gasteiger partial charge is 0.337 e. The summed E-state index contributed by atoms with van der Waals surface area (Å²) < 4.78 is 0. The number of aromatic nitrogens is 3. The smallest absolute Gasteiger partial charge is 0.323 e. The number of hydrogen-bond acceptors (Lipinski definition) is 4. The maximum absolute atomic E-state index is 12.8. The van der Waals surface area contributed by atoms with E-state index in [2.05, 4.69) is 26.8 Å². The number of likely N-dealkylation sites (tertiary alicyclic amines) is 1. The van der Waals surface area contributed by atoms with E-state index in [9.17, 15) is 9.59 Å². The van der Waals surface area contributed by atoms with Crippen LogP contribution in [0.5, 0.6) is 0 Å². The molecular weight excluding hydrogens is 332 g/mol. The second-order valence-electron chi connectivity index (χ2n) is 6.90. The van der Waals surface area contributed by atoms with Crippen molar-refractivity contribution in [3.8, 4) is 0 Å². The Kier molecular flexibility index (Phi) is 4.32. The van der Waals surface area contributed by atoms with Crippen LogP contribution >= 0.6 is 0 Å². The Labute approximate surface area is 151 Å². The standard InChI is InChI=1S/C18H22N6O2/c1-12-10-13-6-2-3-7-14(13)11-24(12)18(26)19-16-15(20-22-21-16)17(25)23-8-4-5-9-23/h2-3,6-7,12H,4-5,8-11H2,1H3,(H2,19,20,21,22,26). The van der Waals surface area contributed by atoms with Gasteiger partial charge in [0.2, 0.25) is 0 Å².